The summed E-state index contributed by atoms with van der Waals surface area (Å²) in [5.41, 5.74) is 8.44. The van der Waals surface area contributed by atoms with E-state index in [1.807, 2.05) is 6.92 Å². The molecule has 0 atom stereocenters. The molecule has 0 aliphatic carbocycles. The Morgan fingerprint density at radius 2 is 1.97 bits per heavy atom. The third-order valence-electron chi connectivity index (χ3n) is 4.79. The molecule has 30 heavy (non-hydrogen) atoms. The van der Waals surface area contributed by atoms with Crippen LogP contribution >= 0.6 is 0 Å². The molecule has 1 aliphatic rings. The van der Waals surface area contributed by atoms with E-state index in [0.29, 0.717) is 31.1 Å². The Bertz CT molecular complexity index is 1240. The van der Waals surface area contributed by atoms with Crippen LogP contribution in [0, 0.1) is 12.7 Å². The van der Waals surface area contributed by atoms with Crippen LogP contribution < -0.4 is 19.9 Å². The van der Waals surface area contributed by atoms with E-state index < -0.39 is 10.0 Å². The summed E-state index contributed by atoms with van der Waals surface area (Å²) in [6.45, 7) is 2.90. The second-order valence-electron chi connectivity index (χ2n) is 6.85. The molecule has 158 valence electrons. The van der Waals surface area contributed by atoms with Crippen LogP contribution in [0.3, 0.4) is 0 Å². The van der Waals surface area contributed by atoms with Gasteiger partial charge in [0.1, 0.15) is 19.0 Å². The number of H-pyrrole nitrogens is 1. The quantitative estimate of drug-likeness (QED) is 0.422. The molecule has 1 aromatic heterocycles. The van der Waals surface area contributed by atoms with Gasteiger partial charge in [0.15, 0.2) is 11.5 Å². The number of nitrogens with one attached hydrogen (secondary N) is 2. The normalized spacial score (nSPS) is 14.1. The summed E-state index contributed by atoms with van der Waals surface area (Å²) in [4.78, 5) is 7.30. The monoisotopic (exact) mass is 432 g/mol. The van der Waals surface area contributed by atoms with Crippen molar-refractivity contribution in [2.24, 2.45) is 10.7 Å². The van der Waals surface area contributed by atoms with Crippen LogP contribution in [0.15, 0.2) is 46.3 Å². The van der Waals surface area contributed by atoms with Crippen LogP contribution in [0.5, 0.6) is 11.5 Å². The summed E-state index contributed by atoms with van der Waals surface area (Å²) < 4.78 is 51.8. The Morgan fingerprint density at radius 1 is 1.20 bits per heavy atom. The predicted octanol–water partition coefficient (Wildman–Crippen LogP) is 2.22. The van der Waals surface area contributed by atoms with Gasteiger partial charge in [0.05, 0.1) is 4.90 Å². The van der Waals surface area contributed by atoms with Crippen molar-refractivity contribution in [1.29, 1.82) is 0 Å². The molecule has 4 rings (SSSR count). The Kier molecular flexibility index (Phi) is 5.25. The van der Waals surface area contributed by atoms with Gasteiger partial charge >= 0.3 is 0 Å². The average Bonchev–Trinajstić information content (AvgIpc) is 3.02. The second kappa shape index (κ2) is 7.86. The van der Waals surface area contributed by atoms with Crippen LogP contribution in [0.1, 0.15) is 11.3 Å². The lowest BCUT2D eigenvalue weighted by Crippen LogP contribution is -2.37. The summed E-state index contributed by atoms with van der Waals surface area (Å²) in [6, 6.07) is 8.87. The molecule has 0 saturated carbocycles. The van der Waals surface area contributed by atoms with E-state index >= 15 is 0 Å². The number of ether oxygens (including phenoxy) is 2. The number of aliphatic imine (C=N–C) groups is 1. The first kappa shape index (κ1) is 20.0. The number of halogens is 1. The maximum Gasteiger partial charge on any atom is 0.264 e. The van der Waals surface area contributed by atoms with Gasteiger partial charge < -0.3 is 20.2 Å². The predicted molar refractivity (Wildman–Crippen MR) is 111 cm³/mol. The standard InChI is InChI=1S/C20H21FN4O4S/c1-12-15(16-10-13(21)2-4-17(16)24-12)6-7-23-20(22)25-30(26,27)14-3-5-18-19(11-14)29-9-8-28-18/h2-5,10-11,24H,6-9H2,1H3,(H3,22,23,25). The van der Waals surface area contributed by atoms with E-state index in [1.54, 1.807) is 6.07 Å². The molecule has 0 radical (unpaired) electrons. The van der Waals surface area contributed by atoms with Gasteiger partial charge in [-0.3, -0.25) is 4.99 Å². The molecule has 0 fully saturated rings. The van der Waals surface area contributed by atoms with Gasteiger partial charge in [-0.15, -0.1) is 0 Å². The van der Waals surface area contributed by atoms with Gasteiger partial charge in [-0.25, -0.2) is 17.5 Å². The zero-order chi connectivity index (χ0) is 21.3. The first-order valence-electron chi connectivity index (χ1n) is 9.32. The number of sulfonamides is 1. The Morgan fingerprint density at radius 3 is 2.77 bits per heavy atom. The van der Waals surface area contributed by atoms with Crippen LogP contribution in [-0.2, 0) is 16.4 Å². The fourth-order valence-electron chi connectivity index (χ4n) is 3.38. The number of fused-ring (bicyclic) bond motifs is 2. The molecule has 0 spiro atoms. The summed E-state index contributed by atoms with van der Waals surface area (Å²) in [6.07, 6.45) is 0.474. The summed E-state index contributed by atoms with van der Waals surface area (Å²) in [7, 11) is -3.92. The lowest BCUT2D eigenvalue weighted by Gasteiger charge is -2.19. The largest absolute Gasteiger partial charge is 0.486 e. The third-order valence-corrected chi connectivity index (χ3v) is 6.14. The first-order valence-corrected chi connectivity index (χ1v) is 10.8. The van der Waals surface area contributed by atoms with Crippen molar-refractivity contribution in [1.82, 2.24) is 9.71 Å². The third kappa shape index (κ3) is 4.04. The number of aryl methyl sites for hydroxylation is 1. The van der Waals surface area contributed by atoms with E-state index in [1.165, 1.54) is 30.3 Å². The van der Waals surface area contributed by atoms with E-state index in [4.69, 9.17) is 15.2 Å². The van der Waals surface area contributed by atoms with Crippen LogP contribution in [0.2, 0.25) is 0 Å². The van der Waals surface area contributed by atoms with Crippen LogP contribution in [0.4, 0.5) is 4.39 Å². The Labute approximate surface area is 173 Å². The number of aromatic nitrogens is 1. The molecule has 2 aromatic carbocycles. The SMILES string of the molecule is Cc1[nH]c2ccc(F)cc2c1CCN=C(N)NS(=O)(=O)c1ccc2c(c1)OCCO2. The van der Waals surface area contributed by atoms with E-state index in [0.717, 1.165) is 22.2 Å². The average molecular weight is 432 g/mol. The molecule has 0 unspecified atom stereocenters. The molecular formula is C20H21FN4O4S. The van der Waals surface area contributed by atoms with Crippen molar-refractivity contribution in [3.05, 3.63) is 53.5 Å². The molecule has 8 nitrogen and oxygen atoms in total. The van der Waals surface area contributed by atoms with Crippen molar-refractivity contribution < 1.29 is 22.3 Å². The van der Waals surface area contributed by atoms with Crippen molar-refractivity contribution in [2.45, 2.75) is 18.2 Å². The number of guanidine groups is 1. The lowest BCUT2D eigenvalue weighted by atomic mass is 10.1. The molecule has 0 amide bonds. The maximum absolute atomic E-state index is 13.6. The molecule has 10 heteroatoms. The lowest BCUT2D eigenvalue weighted by molar-refractivity contribution is 0.171. The number of nitrogens with two attached hydrogens (primary N) is 1. The zero-order valence-corrected chi connectivity index (χ0v) is 17.1. The fourth-order valence-corrected chi connectivity index (χ4v) is 4.35. The number of hydrogen-bond donors (Lipinski definition) is 3. The van der Waals surface area contributed by atoms with Crippen LogP contribution in [0.25, 0.3) is 10.9 Å². The fraction of sp³-hybridized carbons (Fsp3) is 0.250. The van der Waals surface area contributed by atoms with Gasteiger partial charge in [-0.2, -0.15) is 0 Å². The number of nitrogens with zero attached hydrogens (tertiary/aromatic N) is 1. The maximum atomic E-state index is 13.6. The number of benzene rings is 2. The smallest absolute Gasteiger partial charge is 0.264 e. The van der Waals surface area contributed by atoms with Gasteiger partial charge in [-0.1, -0.05) is 0 Å². The molecule has 3 aromatic rings. The topological polar surface area (TPSA) is 119 Å². The van der Waals surface area contributed by atoms with Crippen molar-refractivity contribution in [2.75, 3.05) is 19.8 Å². The van der Waals surface area contributed by atoms with Gasteiger partial charge in [0, 0.05) is 29.2 Å². The van der Waals surface area contributed by atoms with Crippen molar-refractivity contribution in [3.8, 4) is 11.5 Å². The van der Waals surface area contributed by atoms with Gasteiger partial charge in [0.2, 0.25) is 5.96 Å². The van der Waals surface area contributed by atoms with Gasteiger partial charge in [0.25, 0.3) is 10.0 Å². The molecule has 4 N–H and O–H groups in total. The molecule has 1 aliphatic heterocycles. The van der Waals surface area contributed by atoms with E-state index in [-0.39, 0.29) is 23.2 Å². The summed E-state index contributed by atoms with van der Waals surface area (Å²) in [5.74, 6) is 0.306. The molecular weight excluding hydrogens is 411 g/mol. The summed E-state index contributed by atoms with van der Waals surface area (Å²) >= 11 is 0. The minimum absolute atomic E-state index is 0.00662. The first-order chi connectivity index (χ1) is 14.3. The van der Waals surface area contributed by atoms with Crippen molar-refractivity contribution in [3.63, 3.8) is 0 Å². The van der Waals surface area contributed by atoms with E-state index in [9.17, 15) is 12.8 Å². The highest BCUT2D eigenvalue weighted by Gasteiger charge is 2.20. The Hall–Kier alpha value is -3.27. The molecule has 0 saturated heterocycles. The van der Waals surface area contributed by atoms with Gasteiger partial charge in [-0.05, 0) is 49.2 Å². The van der Waals surface area contributed by atoms with Crippen molar-refractivity contribution >= 4 is 26.9 Å². The van der Waals surface area contributed by atoms with Crippen LogP contribution in [-0.4, -0.2) is 39.1 Å². The minimum Gasteiger partial charge on any atom is -0.486 e. The number of rotatable bonds is 5. The number of aromatic amines is 1. The second-order valence-corrected chi connectivity index (χ2v) is 8.53. The molecule has 0 bridgehead atoms. The minimum atomic E-state index is -3.92. The Balaban J connectivity index is 1.45. The highest BCUT2D eigenvalue weighted by molar-refractivity contribution is 7.90. The highest BCUT2D eigenvalue weighted by Crippen LogP contribution is 2.32. The van der Waals surface area contributed by atoms with E-state index in [2.05, 4.69) is 14.7 Å². The number of hydrogen-bond acceptors (Lipinski definition) is 5. The molecule has 2 heterocycles. The summed E-state index contributed by atoms with van der Waals surface area (Å²) in [5, 5.41) is 0.776. The highest BCUT2D eigenvalue weighted by atomic mass is 32.2. The zero-order valence-electron chi connectivity index (χ0n) is 16.2.